The Bertz CT molecular complexity index is 787. The summed E-state index contributed by atoms with van der Waals surface area (Å²) in [5, 5.41) is 11.1. The highest BCUT2D eigenvalue weighted by molar-refractivity contribution is 6.30. The number of Topliss-reactive ketones (excluding diaryl/α,β-unsaturated/α-hetero) is 1. The number of hydrogen-bond acceptors (Lipinski definition) is 4. The fourth-order valence-corrected chi connectivity index (χ4v) is 3.80. The number of aliphatic hydroxyl groups excluding tert-OH is 1. The lowest BCUT2D eigenvalue weighted by molar-refractivity contribution is -0.903. The molecule has 1 aliphatic rings. The smallest absolute Gasteiger partial charge is 0.159 e. The van der Waals surface area contributed by atoms with Crippen LogP contribution in [0.25, 0.3) is 0 Å². The minimum atomic E-state index is -0.485. The fourth-order valence-electron chi connectivity index (χ4n) is 3.67. The van der Waals surface area contributed by atoms with E-state index in [2.05, 4.69) is 4.90 Å². The molecule has 0 amide bonds. The van der Waals surface area contributed by atoms with Gasteiger partial charge in [-0.1, -0.05) is 23.7 Å². The van der Waals surface area contributed by atoms with E-state index in [1.165, 1.54) is 4.90 Å². The molecule has 1 saturated heterocycles. The fraction of sp³-hybridized carbons (Fsp3) is 0.435. The van der Waals surface area contributed by atoms with E-state index in [0.717, 1.165) is 43.0 Å². The normalized spacial score (nSPS) is 17.2. The molecule has 1 fully saturated rings. The summed E-state index contributed by atoms with van der Waals surface area (Å²) >= 11 is 5.92. The highest BCUT2D eigenvalue weighted by Gasteiger charge is 2.23. The van der Waals surface area contributed by atoms with Gasteiger partial charge in [-0.3, -0.25) is 4.79 Å². The van der Waals surface area contributed by atoms with Crippen LogP contribution in [0, 0.1) is 0 Å². The second-order valence-corrected chi connectivity index (χ2v) is 8.16. The van der Waals surface area contributed by atoms with Gasteiger partial charge in [-0.15, -0.1) is 0 Å². The molecule has 0 aliphatic carbocycles. The zero-order valence-electron chi connectivity index (χ0n) is 17.1. The second-order valence-electron chi connectivity index (χ2n) is 7.73. The molecule has 0 aromatic heterocycles. The van der Waals surface area contributed by atoms with E-state index in [-0.39, 0.29) is 11.9 Å². The number of carbonyl (C=O) groups is 1. The van der Waals surface area contributed by atoms with Crippen LogP contribution in [0.1, 0.15) is 35.9 Å². The first-order valence-electron chi connectivity index (χ1n) is 10.2. The van der Waals surface area contributed by atoms with Crippen molar-refractivity contribution in [1.82, 2.24) is 0 Å². The molecular weight excluding hydrogens is 388 g/mol. The van der Waals surface area contributed by atoms with E-state index in [1.54, 1.807) is 6.92 Å². The Kier molecular flexibility index (Phi) is 7.67. The molecule has 29 heavy (non-hydrogen) atoms. The molecule has 0 saturated carbocycles. The Morgan fingerprint density at radius 3 is 2.34 bits per heavy atom. The minimum absolute atomic E-state index is 0.0771. The van der Waals surface area contributed by atoms with Gasteiger partial charge in [0.15, 0.2) is 5.78 Å². The van der Waals surface area contributed by atoms with Crippen LogP contribution in [0.2, 0.25) is 5.02 Å². The molecule has 6 heteroatoms. The molecule has 2 N–H and O–H groups in total. The Morgan fingerprint density at radius 2 is 1.76 bits per heavy atom. The van der Waals surface area contributed by atoms with Crippen molar-refractivity contribution >= 4 is 23.1 Å². The van der Waals surface area contributed by atoms with Gasteiger partial charge < -0.3 is 19.6 Å². The third kappa shape index (κ3) is 6.28. The number of carbonyl (C=O) groups excluding carboxylic acids is 1. The maximum Gasteiger partial charge on any atom is 0.159 e. The lowest BCUT2D eigenvalue weighted by Gasteiger charge is -2.34. The number of nitrogens with one attached hydrogen (secondary N) is 1. The zero-order chi connectivity index (χ0) is 20.8. The summed E-state index contributed by atoms with van der Waals surface area (Å²) in [5.74, 6) is 0.0902. The number of nitrogens with zero attached hydrogens (tertiary/aromatic N) is 1. The van der Waals surface area contributed by atoms with E-state index >= 15 is 0 Å². The Morgan fingerprint density at radius 1 is 1.14 bits per heavy atom. The van der Waals surface area contributed by atoms with Crippen molar-refractivity contribution in [3.63, 3.8) is 0 Å². The molecule has 2 aromatic carbocycles. The van der Waals surface area contributed by atoms with E-state index in [4.69, 9.17) is 16.3 Å². The molecule has 2 aromatic rings. The van der Waals surface area contributed by atoms with Crippen LogP contribution >= 0.6 is 11.6 Å². The Balaban J connectivity index is 1.40. The monoisotopic (exact) mass is 417 g/mol. The summed E-state index contributed by atoms with van der Waals surface area (Å²) in [6, 6.07) is 15.4. The summed E-state index contributed by atoms with van der Waals surface area (Å²) in [6.07, 6.45) is -0.562. The van der Waals surface area contributed by atoms with Crippen molar-refractivity contribution in [2.45, 2.75) is 26.1 Å². The quantitative estimate of drug-likeness (QED) is 0.647. The van der Waals surface area contributed by atoms with Crippen LogP contribution in [0.3, 0.4) is 0 Å². The molecule has 5 nitrogen and oxygen atoms in total. The van der Waals surface area contributed by atoms with Crippen molar-refractivity contribution in [3.8, 4) is 0 Å². The standard InChI is InChI=1S/C23H29ClN2O3/c1-17(27)19-5-9-22(10-6-19)26-13-11-25(12-14-26)15-23(28)16-29-18(2)20-3-7-21(24)8-4-20/h3-10,18,23,28H,11-16H2,1-2H3/p+1/t18-,23+/m1/s1. The summed E-state index contributed by atoms with van der Waals surface area (Å²) in [5.41, 5.74) is 2.95. The van der Waals surface area contributed by atoms with Gasteiger partial charge in [0.25, 0.3) is 0 Å². The van der Waals surface area contributed by atoms with Gasteiger partial charge in [0.2, 0.25) is 0 Å². The zero-order valence-corrected chi connectivity index (χ0v) is 17.9. The van der Waals surface area contributed by atoms with E-state index in [1.807, 2.05) is 55.5 Å². The topological polar surface area (TPSA) is 54.2 Å². The van der Waals surface area contributed by atoms with Crippen LogP contribution in [0.4, 0.5) is 5.69 Å². The number of anilines is 1. The number of quaternary nitrogens is 1. The molecule has 0 unspecified atom stereocenters. The van der Waals surface area contributed by atoms with E-state index < -0.39 is 6.10 Å². The van der Waals surface area contributed by atoms with Gasteiger partial charge in [0.1, 0.15) is 12.6 Å². The summed E-state index contributed by atoms with van der Waals surface area (Å²) in [4.78, 5) is 15.1. The van der Waals surface area contributed by atoms with Crippen LogP contribution < -0.4 is 9.80 Å². The van der Waals surface area contributed by atoms with Gasteiger partial charge >= 0.3 is 0 Å². The summed E-state index contributed by atoms with van der Waals surface area (Å²) in [7, 11) is 0. The third-order valence-electron chi connectivity index (χ3n) is 5.51. The molecule has 0 radical (unpaired) electrons. The number of piperazine rings is 1. The minimum Gasteiger partial charge on any atom is -0.385 e. The molecule has 1 heterocycles. The van der Waals surface area contributed by atoms with Crippen LogP contribution in [0.5, 0.6) is 0 Å². The molecule has 0 bridgehead atoms. The van der Waals surface area contributed by atoms with Crippen molar-refractivity contribution in [3.05, 3.63) is 64.7 Å². The molecule has 3 rings (SSSR count). The number of aliphatic hydroxyl groups is 1. The molecule has 1 aliphatic heterocycles. The Hall–Kier alpha value is -1.92. The van der Waals surface area contributed by atoms with Crippen LogP contribution in [0.15, 0.2) is 48.5 Å². The maximum absolute atomic E-state index is 11.4. The van der Waals surface area contributed by atoms with Crippen molar-refractivity contribution in [2.24, 2.45) is 0 Å². The third-order valence-corrected chi connectivity index (χ3v) is 5.76. The van der Waals surface area contributed by atoms with Gasteiger partial charge in [-0.2, -0.15) is 0 Å². The summed E-state index contributed by atoms with van der Waals surface area (Å²) in [6.45, 7) is 8.39. The SMILES string of the molecule is CC(=O)c1ccc(N2CC[NH+](C[C@H](O)CO[C@H](C)c3ccc(Cl)cc3)CC2)cc1. The highest BCUT2D eigenvalue weighted by atomic mass is 35.5. The number of hydrogen-bond donors (Lipinski definition) is 2. The van der Waals surface area contributed by atoms with Crippen LogP contribution in [-0.4, -0.2) is 56.3 Å². The largest absolute Gasteiger partial charge is 0.385 e. The molecule has 0 spiro atoms. The maximum atomic E-state index is 11.4. The van der Waals surface area contributed by atoms with Crippen molar-refractivity contribution < 1.29 is 19.5 Å². The number of rotatable bonds is 8. The predicted octanol–water partition coefficient (Wildman–Crippen LogP) is 2.39. The molecule has 156 valence electrons. The number of ether oxygens (including phenoxy) is 1. The van der Waals surface area contributed by atoms with Gasteiger partial charge in [-0.05, 0) is 55.8 Å². The second kappa shape index (κ2) is 10.2. The molecular formula is C23H30ClN2O3+. The Labute approximate surface area is 177 Å². The van der Waals surface area contributed by atoms with Gasteiger partial charge in [0, 0.05) is 16.3 Å². The first-order valence-corrected chi connectivity index (χ1v) is 10.5. The predicted molar refractivity (Wildman–Crippen MR) is 116 cm³/mol. The first-order chi connectivity index (χ1) is 13.9. The highest BCUT2D eigenvalue weighted by Crippen LogP contribution is 2.19. The summed E-state index contributed by atoms with van der Waals surface area (Å²) < 4.78 is 5.85. The van der Waals surface area contributed by atoms with E-state index in [0.29, 0.717) is 18.2 Å². The van der Waals surface area contributed by atoms with E-state index in [9.17, 15) is 9.90 Å². The van der Waals surface area contributed by atoms with Crippen molar-refractivity contribution in [1.29, 1.82) is 0 Å². The average Bonchev–Trinajstić information content (AvgIpc) is 2.73. The lowest BCUT2D eigenvalue weighted by atomic mass is 10.1. The number of benzene rings is 2. The van der Waals surface area contributed by atoms with Crippen molar-refractivity contribution in [2.75, 3.05) is 44.2 Å². The number of ketones is 1. The van der Waals surface area contributed by atoms with Crippen LogP contribution in [-0.2, 0) is 4.74 Å². The number of halogens is 1. The first kappa shape index (κ1) is 21.8. The lowest BCUT2D eigenvalue weighted by Crippen LogP contribution is -3.16. The molecule has 2 atom stereocenters. The average molecular weight is 418 g/mol. The van der Waals surface area contributed by atoms with Gasteiger partial charge in [-0.25, -0.2) is 0 Å². The van der Waals surface area contributed by atoms with Gasteiger partial charge in [0.05, 0.1) is 38.9 Å².